The van der Waals surface area contributed by atoms with Crippen LogP contribution in [0.5, 0.6) is 0 Å². The number of carbonyl (C=O) groups is 1. The van der Waals surface area contributed by atoms with Gasteiger partial charge in [0.05, 0.1) is 12.4 Å². The van der Waals surface area contributed by atoms with Gasteiger partial charge >= 0.3 is 6.09 Å². The fraction of sp³-hybridized carbons (Fsp3) is 0.0714. The number of hydrogen-bond acceptors (Lipinski definition) is 4. The quantitative estimate of drug-likeness (QED) is 0.852. The van der Waals surface area contributed by atoms with E-state index in [2.05, 4.69) is 21.2 Å². The Hall–Kier alpha value is -2.87. The molecular formula is C14H11N3O2. The lowest BCUT2D eigenvalue weighted by atomic mass is 10.2. The number of ether oxygens (including phenoxy) is 1. The summed E-state index contributed by atoms with van der Waals surface area (Å²) in [5.41, 5.74) is 1.31. The molecule has 19 heavy (non-hydrogen) atoms. The van der Waals surface area contributed by atoms with Gasteiger partial charge in [-0.25, -0.2) is 14.8 Å². The maximum atomic E-state index is 11.5. The van der Waals surface area contributed by atoms with Crippen LogP contribution in [-0.4, -0.2) is 16.1 Å². The number of rotatable bonds is 3. The van der Waals surface area contributed by atoms with Gasteiger partial charge in [-0.05, 0) is 11.5 Å². The molecule has 0 aliphatic carbocycles. The Labute approximate surface area is 110 Å². The largest absolute Gasteiger partial charge is 0.444 e. The predicted octanol–water partition coefficient (Wildman–Crippen LogP) is 2.21. The van der Waals surface area contributed by atoms with Crippen molar-refractivity contribution in [1.82, 2.24) is 9.97 Å². The fourth-order valence-corrected chi connectivity index (χ4v) is 1.33. The minimum atomic E-state index is -0.591. The smallest absolute Gasteiger partial charge is 0.413 e. The molecule has 0 bridgehead atoms. The average Bonchev–Trinajstić information content (AvgIpc) is 2.47. The summed E-state index contributed by atoms with van der Waals surface area (Å²) in [6, 6.07) is 9.39. The van der Waals surface area contributed by atoms with Crippen LogP contribution in [0.1, 0.15) is 11.3 Å². The van der Waals surface area contributed by atoms with Crippen LogP contribution in [0.4, 0.5) is 10.6 Å². The van der Waals surface area contributed by atoms with Gasteiger partial charge in [-0.15, -0.1) is 6.42 Å². The van der Waals surface area contributed by atoms with Crippen LogP contribution in [0.25, 0.3) is 0 Å². The normalized spacial score (nSPS) is 9.42. The Morgan fingerprint density at radius 1 is 1.26 bits per heavy atom. The van der Waals surface area contributed by atoms with Gasteiger partial charge < -0.3 is 4.74 Å². The number of terminal acetylenes is 1. The zero-order valence-electron chi connectivity index (χ0n) is 10.0. The molecule has 0 fully saturated rings. The molecule has 5 nitrogen and oxygen atoms in total. The first kappa shape index (κ1) is 12.6. The monoisotopic (exact) mass is 253 g/mol. The van der Waals surface area contributed by atoms with Crippen molar-refractivity contribution in [1.29, 1.82) is 0 Å². The number of benzene rings is 1. The predicted molar refractivity (Wildman–Crippen MR) is 70.2 cm³/mol. The lowest BCUT2D eigenvalue weighted by molar-refractivity contribution is 0.155. The molecule has 2 rings (SSSR count). The summed E-state index contributed by atoms with van der Waals surface area (Å²) in [5, 5.41) is 2.46. The fourth-order valence-electron chi connectivity index (χ4n) is 1.33. The molecule has 0 aliphatic heterocycles. The van der Waals surface area contributed by atoms with Crippen LogP contribution < -0.4 is 5.32 Å². The third kappa shape index (κ3) is 3.82. The van der Waals surface area contributed by atoms with Crippen molar-refractivity contribution >= 4 is 11.9 Å². The summed E-state index contributed by atoms with van der Waals surface area (Å²) in [6.07, 6.45) is 7.33. The molecular weight excluding hydrogens is 242 g/mol. The zero-order chi connectivity index (χ0) is 13.5. The van der Waals surface area contributed by atoms with Crippen LogP contribution in [0.2, 0.25) is 0 Å². The molecule has 1 aromatic heterocycles. The van der Waals surface area contributed by atoms with Crippen LogP contribution in [0, 0.1) is 12.3 Å². The summed E-state index contributed by atoms with van der Waals surface area (Å²) in [4.78, 5) is 19.3. The van der Waals surface area contributed by atoms with Crippen LogP contribution >= 0.6 is 0 Å². The van der Waals surface area contributed by atoms with Crippen LogP contribution in [0.15, 0.2) is 42.7 Å². The molecule has 1 amide bonds. The highest BCUT2D eigenvalue weighted by Gasteiger charge is 2.04. The maximum Gasteiger partial charge on any atom is 0.413 e. The molecule has 1 N–H and O–H groups in total. The van der Waals surface area contributed by atoms with Crippen molar-refractivity contribution in [3.05, 3.63) is 54.0 Å². The van der Waals surface area contributed by atoms with Gasteiger partial charge in [0.1, 0.15) is 12.3 Å². The van der Waals surface area contributed by atoms with Gasteiger partial charge in [-0.1, -0.05) is 30.3 Å². The van der Waals surface area contributed by atoms with Gasteiger partial charge in [0.15, 0.2) is 5.82 Å². The topological polar surface area (TPSA) is 64.1 Å². The van der Waals surface area contributed by atoms with E-state index in [1.165, 1.54) is 12.4 Å². The number of amides is 1. The van der Waals surface area contributed by atoms with E-state index >= 15 is 0 Å². The maximum absolute atomic E-state index is 11.5. The van der Waals surface area contributed by atoms with Crippen molar-refractivity contribution in [2.75, 3.05) is 5.32 Å². The molecule has 0 atom stereocenters. The molecule has 0 radical (unpaired) electrons. The van der Waals surface area contributed by atoms with E-state index < -0.39 is 6.09 Å². The van der Waals surface area contributed by atoms with E-state index in [1.54, 1.807) is 0 Å². The Morgan fingerprint density at radius 3 is 2.68 bits per heavy atom. The number of nitrogens with one attached hydrogen (secondary N) is 1. The Morgan fingerprint density at radius 2 is 2.05 bits per heavy atom. The van der Waals surface area contributed by atoms with Crippen molar-refractivity contribution in [3.63, 3.8) is 0 Å². The molecule has 0 saturated carbocycles. The molecule has 5 heteroatoms. The summed E-state index contributed by atoms with van der Waals surface area (Å²) in [7, 11) is 0. The lowest BCUT2D eigenvalue weighted by Gasteiger charge is -2.06. The second kappa shape index (κ2) is 6.17. The summed E-state index contributed by atoms with van der Waals surface area (Å²) in [6.45, 7) is 0.197. The first-order chi connectivity index (χ1) is 9.28. The minimum Gasteiger partial charge on any atom is -0.444 e. The minimum absolute atomic E-state index is 0.197. The first-order valence-electron chi connectivity index (χ1n) is 5.54. The SMILES string of the molecule is C#Cc1cnc(NC(=O)OCc2ccccc2)cn1. The van der Waals surface area contributed by atoms with E-state index in [-0.39, 0.29) is 12.4 Å². The van der Waals surface area contributed by atoms with Crippen LogP contribution in [-0.2, 0) is 11.3 Å². The molecule has 0 aliphatic rings. The van der Waals surface area contributed by atoms with E-state index in [9.17, 15) is 4.79 Å². The van der Waals surface area contributed by atoms with Gasteiger partial charge in [0.25, 0.3) is 0 Å². The summed E-state index contributed by atoms with van der Waals surface area (Å²) < 4.78 is 5.03. The third-order valence-corrected chi connectivity index (χ3v) is 2.24. The number of hydrogen-bond donors (Lipinski definition) is 1. The first-order valence-corrected chi connectivity index (χ1v) is 5.54. The van der Waals surface area contributed by atoms with E-state index in [0.717, 1.165) is 5.56 Å². The molecule has 1 heterocycles. The summed E-state index contributed by atoms with van der Waals surface area (Å²) >= 11 is 0. The van der Waals surface area contributed by atoms with Crippen molar-refractivity contribution in [2.45, 2.75) is 6.61 Å². The van der Waals surface area contributed by atoms with Crippen molar-refractivity contribution < 1.29 is 9.53 Å². The molecule has 2 aromatic rings. The second-order valence-corrected chi connectivity index (χ2v) is 3.62. The highest BCUT2D eigenvalue weighted by Crippen LogP contribution is 2.04. The molecule has 0 unspecified atom stereocenters. The van der Waals surface area contributed by atoms with Gasteiger partial charge in [-0.3, -0.25) is 5.32 Å². The van der Waals surface area contributed by atoms with E-state index in [0.29, 0.717) is 5.69 Å². The van der Waals surface area contributed by atoms with Crippen LogP contribution in [0.3, 0.4) is 0 Å². The van der Waals surface area contributed by atoms with Gasteiger partial charge in [-0.2, -0.15) is 0 Å². The lowest BCUT2D eigenvalue weighted by Crippen LogP contribution is -2.14. The summed E-state index contributed by atoms with van der Waals surface area (Å²) in [5.74, 6) is 2.63. The van der Waals surface area contributed by atoms with Crippen molar-refractivity contribution in [2.24, 2.45) is 0 Å². The Balaban J connectivity index is 1.86. The Kier molecular flexibility index (Phi) is 4.09. The van der Waals surface area contributed by atoms with Crippen molar-refractivity contribution in [3.8, 4) is 12.3 Å². The molecule has 0 spiro atoms. The average molecular weight is 253 g/mol. The third-order valence-electron chi connectivity index (χ3n) is 2.24. The highest BCUT2D eigenvalue weighted by atomic mass is 16.5. The number of nitrogens with zero attached hydrogens (tertiary/aromatic N) is 2. The molecule has 94 valence electrons. The molecule has 0 saturated heterocycles. The standard InChI is InChI=1S/C14H11N3O2/c1-2-12-8-16-13(9-15-12)17-14(18)19-10-11-6-4-3-5-7-11/h1,3-9H,10H2,(H,16,17,18). The van der Waals surface area contributed by atoms with E-state index in [1.807, 2.05) is 30.3 Å². The number of aromatic nitrogens is 2. The van der Waals surface area contributed by atoms with E-state index in [4.69, 9.17) is 11.2 Å². The number of anilines is 1. The highest BCUT2D eigenvalue weighted by molar-refractivity contribution is 5.82. The number of carbonyl (C=O) groups excluding carboxylic acids is 1. The Bertz CT molecular complexity index is 588. The van der Waals surface area contributed by atoms with Gasteiger partial charge in [0.2, 0.25) is 0 Å². The molecule has 1 aromatic carbocycles. The zero-order valence-corrected chi connectivity index (χ0v) is 10.0. The van der Waals surface area contributed by atoms with Gasteiger partial charge in [0, 0.05) is 0 Å². The second-order valence-electron chi connectivity index (χ2n) is 3.62.